The summed E-state index contributed by atoms with van der Waals surface area (Å²) in [6.45, 7) is 3.95. The second-order valence-corrected chi connectivity index (χ2v) is 4.18. The number of ether oxygens (including phenoxy) is 1. The molecule has 0 unspecified atom stereocenters. The van der Waals surface area contributed by atoms with Crippen molar-refractivity contribution in [3.8, 4) is 5.75 Å². The summed E-state index contributed by atoms with van der Waals surface area (Å²) in [5, 5.41) is 13.0. The van der Waals surface area contributed by atoms with E-state index < -0.39 is 11.9 Å². The van der Waals surface area contributed by atoms with Crippen LogP contribution in [0.25, 0.3) is 0 Å². The summed E-state index contributed by atoms with van der Waals surface area (Å²) in [4.78, 5) is 23.3. The highest BCUT2D eigenvalue weighted by molar-refractivity contribution is 6.01. The van der Waals surface area contributed by atoms with Crippen molar-refractivity contribution in [3.05, 3.63) is 47.3 Å². The van der Waals surface area contributed by atoms with Gasteiger partial charge in [0, 0.05) is 6.54 Å². The van der Waals surface area contributed by atoms with Crippen LogP contribution in [0.3, 0.4) is 0 Å². The van der Waals surface area contributed by atoms with E-state index in [-0.39, 0.29) is 11.3 Å². The maximum atomic E-state index is 12.2. The SMILES string of the molecule is CCn1ncc(C(=O)O)c1C(=O)Oc1ccccc1C. The number of carboxylic acids is 1. The van der Waals surface area contributed by atoms with Gasteiger partial charge in [-0.3, -0.25) is 4.68 Å². The van der Waals surface area contributed by atoms with Crippen LogP contribution in [0.4, 0.5) is 0 Å². The Bertz CT molecular complexity index is 661. The van der Waals surface area contributed by atoms with E-state index in [0.717, 1.165) is 11.8 Å². The number of nitrogens with zero attached hydrogens (tertiary/aromatic N) is 2. The molecule has 0 fully saturated rings. The van der Waals surface area contributed by atoms with Crippen LogP contribution in [0.2, 0.25) is 0 Å². The Labute approximate surface area is 115 Å². The number of esters is 1. The van der Waals surface area contributed by atoms with Gasteiger partial charge in [-0.25, -0.2) is 9.59 Å². The molecule has 104 valence electrons. The molecule has 1 aromatic carbocycles. The fraction of sp³-hybridized carbons (Fsp3) is 0.214. The topological polar surface area (TPSA) is 81.4 Å². The largest absolute Gasteiger partial charge is 0.478 e. The first-order valence-electron chi connectivity index (χ1n) is 6.11. The highest BCUT2D eigenvalue weighted by Crippen LogP contribution is 2.19. The first-order valence-corrected chi connectivity index (χ1v) is 6.11. The zero-order valence-electron chi connectivity index (χ0n) is 11.2. The summed E-state index contributed by atoms with van der Waals surface area (Å²) in [6.07, 6.45) is 1.15. The molecule has 0 bridgehead atoms. The molecule has 20 heavy (non-hydrogen) atoms. The lowest BCUT2D eigenvalue weighted by Gasteiger charge is -2.08. The summed E-state index contributed by atoms with van der Waals surface area (Å²) in [5.74, 6) is -1.53. The molecule has 1 heterocycles. The molecule has 2 rings (SSSR count). The smallest absolute Gasteiger partial charge is 0.362 e. The number of carboxylic acid groups (broad SMARTS) is 1. The number of carbonyl (C=O) groups is 2. The van der Waals surface area contributed by atoms with Crippen molar-refractivity contribution < 1.29 is 19.4 Å². The van der Waals surface area contributed by atoms with Gasteiger partial charge in [-0.15, -0.1) is 0 Å². The first-order chi connectivity index (χ1) is 9.54. The van der Waals surface area contributed by atoms with Crippen molar-refractivity contribution in [3.63, 3.8) is 0 Å². The van der Waals surface area contributed by atoms with Gasteiger partial charge < -0.3 is 9.84 Å². The number of carbonyl (C=O) groups excluding carboxylic acids is 1. The molecule has 2 aromatic rings. The quantitative estimate of drug-likeness (QED) is 0.682. The van der Waals surface area contributed by atoms with E-state index in [1.54, 1.807) is 32.0 Å². The fourth-order valence-electron chi connectivity index (χ4n) is 1.82. The van der Waals surface area contributed by atoms with E-state index >= 15 is 0 Å². The van der Waals surface area contributed by atoms with E-state index in [4.69, 9.17) is 9.84 Å². The van der Waals surface area contributed by atoms with Crippen LogP contribution in [-0.4, -0.2) is 26.8 Å². The normalized spacial score (nSPS) is 10.3. The maximum Gasteiger partial charge on any atom is 0.362 e. The van der Waals surface area contributed by atoms with Crippen LogP contribution in [0.15, 0.2) is 30.5 Å². The van der Waals surface area contributed by atoms with Gasteiger partial charge in [0.2, 0.25) is 0 Å². The molecule has 0 spiro atoms. The average Bonchev–Trinajstić information content (AvgIpc) is 2.85. The molecule has 0 atom stereocenters. The monoisotopic (exact) mass is 274 g/mol. The molecule has 1 aromatic heterocycles. The molecule has 0 aliphatic heterocycles. The van der Waals surface area contributed by atoms with Gasteiger partial charge in [-0.05, 0) is 25.5 Å². The molecule has 0 saturated carbocycles. The van der Waals surface area contributed by atoms with Crippen LogP contribution in [0.1, 0.15) is 33.3 Å². The lowest BCUT2D eigenvalue weighted by atomic mass is 10.2. The lowest BCUT2D eigenvalue weighted by Crippen LogP contribution is -2.18. The molecule has 0 radical (unpaired) electrons. The Kier molecular flexibility index (Phi) is 3.84. The van der Waals surface area contributed by atoms with Crippen LogP contribution in [0.5, 0.6) is 5.75 Å². The summed E-state index contributed by atoms with van der Waals surface area (Å²) >= 11 is 0. The van der Waals surface area contributed by atoms with E-state index in [2.05, 4.69) is 5.10 Å². The lowest BCUT2D eigenvalue weighted by molar-refractivity contribution is 0.0662. The highest BCUT2D eigenvalue weighted by Gasteiger charge is 2.24. The molecular formula is C14H14N2O4. The molecule has 0 aliphatic carbocycles. The van der Waals surface area contributed by atoms with Crippen LogP contribution < -0.4 is 4.74 Å². The molecule has 0 amide bonds. The van der Waals surface area contributed by atoms with E-state index in [1.165, 1.54) is 4.68 Å². The highest BCUT2D eigenvalue weighted by atomic mass is 16.5. The Morgan fingerprint density at radius 3 is 2.65 bits per heavy atom. The fourth-order valence-corrected chi connectivity index (χ4v) is 1.82. The molecule has 1 N–H and O–H groups in total. The van der Waals surface area contributed by atoms with Gasteiger partial charge in [0.1, 0.15) is 11.3 Å². The third kappa shape index (κ3) is 2.54. The molecule has 0 saturated heterocycles. The minimum Gasteiger partial charge on any atom is -0.478 e. The summed E-state index contributed by atoms with van der Waals surface area (Å²) < 4.78 is 6.57. The molecule has 6 heteroatoms. The van der Waals surface area contributed by atoms with Gasteiger partial charge in [-0.1, -0.05) is 18.2 Å². The number of rotatable bonds is 4. The number of para-hydroxylation sites is 1. The van der Waals surface area contributed by atoms with Crippen molar-refractivity contribution in [2.45, 2.75) is 20.4 Å². The van der Waals surface area contributed by atoms with Crippen LogP contribution in [-0.2, 0) is 6.54 Å². The predicted molar refractivity (Wildman–Crippen MR) is 71.0 cm³/mol. The zero-order chi connectivity index (χ0) is 14.7. The van der Waals surface area contributed by atoms with Crippen molar-refractivity contribution in [1.82, 2.24) is 9.78 Å². The standard InChI is InChI=1S/C14H14N2O4/c1-3-16-12(10(8-15-16)13(17)18)14(19)20-11-7-5-4-6-9(11)2/h4-8H,3H2,1-2H3,(H,17,18). The zero-order valence-corrected chi connectivity index (χ0v) is 11.2. The van der Waals surface area contributed by atoms with Gasteiger partial charge in [-0.2, -0.15) is 5.10 Å². The van der Waals surface area contributed by atoms with Crippen molar-refractivity contribution in [1.29, 1.82) is 0 Å². The number of aryl methyl sites for hydroxylation is 2. The Balaban J connectivity index is 2.36. The minimum absolute atomic E-state index is 0.0525. The molecule has 0 aliphatic rings. The van der Waals surface area contributed by atoms with Gasteiger partial charge in [0.25, 0.3) is 0 Å². The summed E-state index contributed by atoms with van der Waals surface area (Å²) in [6, 6.07) is 7.02. The van der Waals surface area contributed by atoms with Crippen molar-refractivity contribution in [2.24, 2.45) is 0 Å². The number of aromatic carboxylic acids is 1. The van der Waals surface area contributed by atoms with Crippen molar-refractivity contribution >= 4 is 11.9 Å². The van der Waals surface area contributed by atoms with E-state index in [0.29, 0.717) is 12.3 Å². The van der Waals surface area contributed by atoms with Gasteiger partial charge in [0.05, 0.1) is 6.20 Å². The second-order valence-electron chi connectivity index (χ2n) is 4.18. The predicted octanol–water partition coefficient (Wildman–Crippen LogP) is 2.13. The van der Waals surface area contributed by atoms with E-state index in [1.807, 2.05) is 6.07 Å². The Morgan fingerprint density at radius 2 is 2.05 bits per heavy atom. The number of hydrogen-bond acceptors (Lipinski definition) is 4. The maximum absolute atomic E-state index is 12.2. The third-order valence-corrected chi connectivity index (χ3v) is 2.86. The number of aromatic nitrogens is 2. The second kappa shape index (κ2) is 5.56. The van der Waals surface area contributed by atoms with Gasteiger partial charge >= 0.3 is 11.9 Å². The number of benzene rings is 1. The Hall–Kier alpha value is -2.63. The first kappa shape index (κ1) is 13.8. The van der Waals surface area contributed by atoms with Gasteiger partial charge in [0.15, 0.2) is 5.69 Å². The van der Waals surface area contributed by atoms with Crippen molar-refractivity contribution in [2.75, 3.05) is 0 Å². The number of hydrogen-bond donors (Lipinski definition) is 1. The van der Waals surface area contributed by atoms with Crippen LogP contribution >= 0.6 is 0 Å². The average molecular weight is 274 g/mol. The molecular weight excluding hydrogens is 260 g/mol. The minimum atomic E-state index is -1.21. The third-order valence-electron chi connectivity index (χ3n) is 2.86. The Morgan fingerprint density at radius 1 is 1.35 bits per heavy atom. The summed E-state index contributed by atoms with van der Waals surface area (Å²) in [7, 11) is 0. The van der Waals surface area contributed by atoms with E-state index in [9.17, 15) is 9.59 Å². The van der Waals surface area contributed by atoms with Crippen LogP contribution in [0, 0.1) is 6.92 Å². The molecule has 6 nitrogen and oxygen atoms in total. The summed E-state index contributed by atoms with van der Waals surface area (Å²) in [5.41, 5.74) is 0.578.